The van der Waals surface area contributed by atoms with Crippen molar-refractivity contribution in [3.8, 4) is 11.5 Å². The summed E-state index contributed by atoms with van der Waals surface area (Å²) in [6, 6.07) is 6.35. The van der Waals surface area contributed by atoms with Crippen LogP contribution in [-0.4, -0.2) is 25.8 Å². The number of nitrogens with one attached hydrogen (secondary N) is 1. The number of carbonyl (C=O) groups excluding carboxylic acids is 1. The van der Waals surface area contributed by atoms with Crippen LogP contribution in [0.2, 0.25) is 0 Å². The lowest BCUT2D eigenvalue weighted by Crippen LogP contribution is -2.19. The summed E-state index contributed by atoms with van der Waals surface area (Å²) in [6.45, 7) is 4.19. The minimum Gasteiger partial charge on any atom is -0.350 e. The van der Waals surface area contributed by atoms with Gasteiger partial charge in [0.2, 0.25) is 0 Å². The molecule has 0 unspecified atom stereocenters. The van der Waals surface area contributed by atoms with Crippen molar-refractivity contribution in [1.82, 2.24) is 19.7 Å². The number of imidazole rings is 1. The molecule has 0 aliphatic rings. The van der Waals surface area contributed by atoms with Crippen LogP contribution in [0.1, 0.15) is 18.1 Å². The molecule has 0 bridgehead atoms. The molecule has 0 fully saturated rings. The highest BCUT2D eigenvalue weighted by Gasteiger charge is 2.11. The number of primary amides is 1. The number of nitrogens with two attached hydrogens (primary N) is 1. The van der Waals surface area contributed by atoms with E-state index in [-0.39, 0.29) is 0 Å². The number of amides is 1. The van der Waals surface area contributed by atoms with Gasteiger partial charge in [-0.05, 0) is 36.6 Å². The second-order valence-electron chi connectivity index (χ2n) is 4.64. The van der Waals surface area contributed by atoms with Crippen LogP contribution in [0, 0.1) is 13.0 Å². The van der Waals surface area contributed by atoms with E-state index in [1.54, 1.807) is 0 Å². The van der Waals surface area contributed by atoms with Crippen molar-refractivity contribution in [3.05, 3.63) is 35.5 Å². The van der Waals surface area contributed by atoms with Gasteiger partial charge in [0.1, 0.15) is 5.69 Å². The van der Waals surface area contributed by atoms with Gasteiger partial charge in [-0.3, -0.25) is 0 Å². The molecule has 0 aliphatic carbocycles. The van der Waals surface area contributed by atoms with Crippen LogP contribution in [0.5, 0.6) is 0 Å². The second-order valence-corrected chi connectivity index (χ2v) is 4.64. The molecule has 3 N–H and O–H groups in total. The Hall–Kier alpha value is -2.63. The Balaban J connectivity index is 2.10. The summed E-state index contributed by atoms with van der Waals surface area (Å²) >= 11 is 0. The first kappa shape index (κ1) is 12.4. The maximum absolute atomic E-state index is 11.0. The molecule has 2 heterocycles. The molecule has 0 aliphatic heterocycles. The minimum atomic E-state index is -0.646. The molecule has 1 amide bonds. The molecular weight excluding hydrogens is 254 g/mol. The van der Waals surface area contributed by atoms with Crippen LogP contribution in [0.25, 0.3) is 22.6 Å². The molecule has 1 radical (unpaired) electrons. The number of H-pyrrole nitrogens is 1. The lowest BCUT2D eigenvalue weighted by atomic mass is 10.1. The zero-order valence-corrected chi connectivity index (χ0v) is 11.3. The monoisotopic (exact) mass is 268 g/mol. The standard InChI is InChI=1S/C14H14N5O/c1-3-9-7-12-11(6-8(9)2)16-13(17-12)10-4-5-19(18-10)14(15)20/h5-7H,3H2,1-2H3,(H2,15,20)(H,16,17). The molecule has 0 atom stereocenters. The first-order chi connectivity index (χ1) is 9.58. The van der Waals surface area contributed by atoms with Gasteiger partial charge in [0.15, 0.2) is 5.82 Å². The number of benzene rings is 1. The Labute approximate surface area is 115 Å². The third-order valence-electron chi connectivity index (χ3n) is 3.30. The van der Waals surface area contributed by atoms with Gasteiger partial charge in [0, 0.05) is 12.3 Å². The molecule has 6 heteroatoms. The Morgan fingerprint density at radius 3 is 2.95 bits per heavy atom. The highest BCUT2D eigenvalue weighted by atomic mass is 16.2. The molecule has 1 aromatic carbocycles. The predicted octanol–water partition coefficient (Wildman–Crippen LogP) is 2.02. The number of hydrogen-bond donors (Lipinski definition) is 2. The number of rotatable bonds is 2. The molecule has 2 aromatic heterocycles. The van der Waals surface area contributed by atoms with Crippen LogP contribution in [0.3, 0.4) is 0 Å². The number of fused-ring (bicyclic) bond motifs is 1. The first-order valence-corrected chi connectivity index (χ1v) is 6.35. The Morgan fingerprint density at radius 1 is 1.50 bits per heavy atom. The van der Waals surface area contributed by atoms with E-state index in [0.717, 1.165) is 22.1 Å². The van der Waals surface area contributed by atoms with Crippen molar-refractivity contribution in [2.75, 3.05) is 0 Å². The van der Waals surface area contributed by atoms with Crippen LogP contribution >= 0.6 is 0 Å². The van der Waals surface area contributed by atoms with Crippen LogP contribution in [0.15, 0.2) is 18.3 Å². The molecule has 3 aromatic rings. The zero-order valence-electron chi connectivity index (χ0n) is 11.3. The summed E-state index contributed by atoms with van der Waals surface area (Å²) in [4.78, 5) is 18.7. The minimum absolute atomic E-state index is 0.468. The highest BCUT2D eigenvalue weighted by Crippen LogP contribution is 2.22. The molecule has 6 nitrogen and oxygen atoms in total. The molecule has 101 valence electrons. The van der Waals surface area contributed by atoms with E-state index in [1.165, 1.54) is 17.3 Å². The van der Waals surface area contributed by atoms with E-state index >= 15 is 0 Å². The maximum atomic E-state index is 11.0. The van der Waals surface area contributed by atoms with Crippen molar-refractivity contribution >= 4 is 17.1 Å². The van der Waals surface area contributed by atoms with Crippen LogP contribution in [-0.2, 0) is 6.42 Å². The lowest BCUT2D eigenvalue weighted by molar-refractivity contribution is 0.248. The van der Waals surface area contributed by atoms with Gasteiger partial charge in [-0.25, -0.2) is 9.78 Å². The summed E-state index contributed by atoms with van der Waals surface area (Å²) in [5.41, 5.74) is 9.93. The van der Waals surface area contributed by atoms with E-state index in [0.29, 0.717) is 11.5 Å². The fourth-order valence-corrected chi connectivity index (χ4v) is 2.22. The van der Waals surface area contributed by atoms with Gasteiger partial charge in [-0.2, -0.15) is 9.78 Å². The maximum Gasteiger partial charge on any atom is 0.339 e. The Bertz CT molecular complexity index is 799. The smallest absolute Gasteiger partial charge is 0.339 e. The summed E-state index contributed by atoms with van der Waals surface area (Å²) in [6.07, 6.45) is 2.36. The Morgan fingerprint density at radius 2 is 2.30 bits per heavy atom. The predicted molar refractivity (Wildman–Crippen MR) is 75.2 cm³/mol. The van der Waals surface area contributed by atoms with E-state index < -0.39 is 6.03 Å². The Kier molecular flexibility index (Phi) is 2.78. The van der Waals surface area contributed by atoms with Gasteiger partial charge < -0.3 is 10.7 Å². The second kappa shape index (κ2) is 4.48. The van der Waals surface area contributed by atoms with Crippen molar-refractivity contribution in [2.24, 2.45) is 5.73 Å². The van der Waals surface area contributed by atoms with Gasteiger partial charge in [-0.15, -0.1) is 0 Å². The number of aromatic amines is 1. The quantitative estimate of drug-likeness (QED) is 0.745. The topological polar surface area (TPSA) is 89.6 Å². The molecule has 3 rings (SSSR count). The average molecular weight is 268 g/mol. The SMILES string of the molecule is CCc1cc2nc(-c3[c]cn(C(N)=O)n3)[nH]c2cc1C. The number of aromatic nitrogens is 4. The normalized spacial score (nSPS) is 11.1. The van der Waals surface area contributed by atoms with E-state index in [1.807, 2.05) is 0 Å². The third-order valence-corrected chi connectivity index (χ3v) is 3.30. The fourth-order valence-electron chi connectivity index (χ4n) is 2.22. The van der Waals surface area contributed by atoms with E-state index in [9.17, 15) is 4.79 Å². The zero-order chi connectivity index (χ0) is 14.3. The first-order valence-electron chi connectivity index (χ1n) is 6.35. The summed E-state index contributed by atoms with van der Waals surface area (Å²) in [7, 11) is 0. The summed E-state index contributed by atoms with van der Waals surface area (Å²) in [5.74, 6) is 0.577. The van der Waals surface area contributed by atoms with Crippen LogP contribution in [0.4, 0.5) is 4.79 Å². The molecular formula is C14H14N5O. The number of hydrogen-bond acceptors (Lipinski definition) is 3. The highest BCUT2D eigenvalue weighted by molar-refractivity contribution is 5.81. The fraction of sp³-hybridized carbons (Fsp3) is 0.214. The number of carbonyl (C=O) groups is 1. The van der Waals surface area contributed by atoms with Gasteiger partial charge >= 0.3 is 6.03 Å². The van der Waals surface area contributed by atoms with Gasteiger partial charge in [0.25, 0.3) is 0 Å². The van der Waals surface area contributed by atoms with E-state index in [4.69, 9.17) is 5.73 Å². The summed E-state index contributed by atoms with van der Waals surface area (Å²) < 4.78 is 1.03. The largest absolute Gasteiger partial charge is 0.350 e. The van der Waals surface area contributed by atoms with Gasteiger partial charge in [0.05, 0.1) is 11.0 Å². The van der Waals surface area contributed by atoms with E-state index in [2.05, 4.69) is 47.1 Å². The third kappa shape index (κ3) is 1.95. The van der Waals surface area contributed by atoms with Crippen molar-refractivity contribution in [1.29, 1.82) is 0 Å². The van der Waals surface area contributed by atoms with Crippen LogP contribution < -0.4 is 5.73 Å². The average Bonchev–Trinajstić information content (AvgIpc) is 3.03. The van der Waals surface area contributed by atoms with Crippen molar-refractivity contribution in [2.45, 2.75) is 20.3 Å². The van der Waals surface area contributed by atoms with Crippen molar-refractivity contribution < 1.29 is 4.79 Å². The molecule has 0 saturated carbocycles. The lowest BCUT2D eigenvalue weighted by Gasteiger charge is -2.01. The number of nitrogens with zero attached hydrogens (tertiary/aromatic N) is 3. The molecule has 20 heavy (non-hydrogen) atoms. The summed E-state index contributed by atoms with van der Waals surface area (Å²) in [5, 5.41) is 4.03. The van der Waals surface area contributed by atoms with Crippen molar-refractivity contribution in [3.63, 3.8) is 0 Å². The number of aryl methyl sites for hydroxylation is 2. The molecule has 0 spiro atoms. The van der Waals surface area contributed by atoms with Gasteiger partial charge in [-0.1, -0.05) is 6.92 Å². The molecule has 0 saturated heterocycles.